The van der Waals surface area contributed by atoms with Crippen molar-refractivity contribution in [1.82, 2.24) is 14.8 Å². The van der Waals surface area contributed by atoms with Gasteiger partial charge in [-0.15, -0.1) is 0 Å². The van der Waals surface area contributed by atoms with E-state index in [0.717, 1.165) is 74.5 Å². The monoisotopic (exact) mass is 409 g/mol. The van der Waals surface area contributed by atoms with Gasteiger partial charge in [-0.25, -0.2) is 0 Å². The lowest BCUT2D eigenvalue weighted by Gasteiger charge is -2.31. The maximum absolute atomic E-state index is 13.1. The number of hydrogen-bond acceptors (Lipinski definition) is 5. The summed E-state index contributed by atoms with van der Waals surface area (Å²) in [5.41, 5.74) is 4.03. The summed E-state index contributed by atoms with van der Waals surface area (Å²) in [6, 6.07) is 10.00. The molecule has 2 aliphatic heterocycles. The number of ether oxygens (including phenoxy) is 2. The van der Waals surface area contributed by atoms with Gasteiger partial charge in [0.25, 0.3) is 5.91 Å². The average molecular weight is 410 g/mol. The van der Waals surface area contributed by atoms with E-state index in [0.29, 0.717) is 17.4 Å². The highest BCUT2D eigenvalue weighted by molar-refractivity contribution is 5.97. The number of carbonyl (C=O) groups is 1. The summed E-state index contributed by atoms with van der Waals surface area (Å²) >= 11 is 0. The minimum absolute atomic E-state index is 0.111. The van der Waals surface area contributed by atoms with Gasteiger partial charge in [-0.05, 0) is 62.1 Å². The molecule has 4 rings (SSSR count). The van der Waals surface area contributed by atoms with Crippen LogP contribution in [0.1, 0.15) is 33.7 Å². The Labute approximate surface area is 178 Å². The summed E-state index contributed by atoms with van der Waals surface area (Å²) in [5, 5.41) is 0. The van der Waals surface area contributed by atoms with Crippen LogP contribution in [0.5, 0.6) is 11.5 Å². The number of benzene rings is 1. The van der Waals surface area contributed by atoms with Crippen LogP contribution in [-0.2, 0) is 12.8 Å². The number of likely N-dealkylation sites (tertiary alicyclic amines) is 1. The minimum atomic E-state index is 0.111. The molecule has 1 aromatic heterocycles. The van der Waals surface area contributed by atoms with Gasteiger partial charge in [-0.3, -0.25) is 9.78 Å². The van der Waals surface area contributed by atoms with Crippen molar-refractivity contribution in [3.05, 3.63) is 52.8 Å². The van der Waals surface area contributed by atoms with Crippen LogP contribution in [0.2, 0.25) is 0 Å². The van der Waals surface area contributed by atoms with Crippen molar-refractivity contribution in [3.8, 4) is 11.5 Å². The number of pyridine rings is 1. The zero-order valence-corrected chi connectivity index (χ0v) is 18.2. The molecule has 0 radical (unpaired) electrons. The van der Waals surface area contributed by atoms with E-state index in [4.69, 9.17) is 9.47 Å². The third-order valence-electron chi connectivity index (χ3n) is 6.26. The molecule has 0 N–H and O–H groups in total. The zero-order valence-electron chi connectivity index (χ0n) is 18.2. The van der Waals surface area contributed by atoms with Gasteiger partial charge in [-0.2, -0.15) is 0 Å². The summed E-state index contributed by atoms with van der Waals surface area (Å²) in [6.07, 6.45) is 2.98. The molecule has 1 atom stereocenters. The van der Waals surface area contributed by atoms with Crippen LogP contribution >= 0.6 is 0 Å². The molecular weight excluding hydrogens is 378 g/mol. The normalized spacial score (nSPS) is 19.1. The topological polar surface area (TPSA) is 54.9 Å². The number of aromatic nitrogens is 1. The zero-order chi connectivity index (χ0) is 21.1. The second-order valence-electron chi connectivity index (χ2n) is 8.34. The lowest BCUT2D eigenvalue weighted by molar-refractivity contribution is 0.0712. The average Bonchev–Trinajstić information content (AvgIpc) is 3.21. The van der Waals surface area contributed by atoms with E-state index in [2.05, 4.69) is 22.0 Å². The largest absolute Gasteiger partial charge is 0.493 e. The van der Waals surface area contributed by atoms with Gasteiger partial charge in [0.15, 0.2) is 11.5 Å². The van der Waals surface area contributed by atoms with Crippen molar-refractivity contribution in [1.29, 1.82) is 0 Å². The molecule has 1 saturated heterocycles. The molecule has 0 spiro atoms. The van der Waals surface area contributed by atoms with Crippen LogP contribution < -0.4 is 9.47 Å². The number of hydrogen-bond donors (Lipinski definition) is 0. The van der Waals surface area contributed by atoms with Crippen LogP contribution in [-0.4, -0.2) is 67.6 Å². The Hall–Kier alpha value is -2.60. The smallest absolute Gasteiger partial charge is 0.254 e. The second-order valence-corrected chi connectivity index (χ2v) is 8.34. The number of amides is 1. The summed E-state index contributed by atoms with van der Waals surface area (Å²) in [5.74, 6) is 1.94. The Balaban J connectivity index is 1.34. The molecule has 2 aliphatic rings. The van der Waals surface area contributed by atoms with Crippen molar-refractivity contribution >= 4 is 5.91 Å². The maximum atomic E-state index is 13.1. The summed E-state index contributed by atoms with van der Waals surface area (Å²) in [4.78, 5) is 22.2. The molecule has 0 saturated carbocycles. The van der Waals surface area contributed by atoms with E-state index >= 15 is 0 Å². The molecule has 0 bridgehead atoms. The first-order chi connectivity index (χ1) is 14.6. The Kier molecular flexibility index (Phi) is 6.23. The van der Waals surface area contributed by atoms with E-state index < -0.39 is 0 Å². The Morgan fingerprint density at radius 3 is 2.70 bits per heavy atom. The van der Waals surface area contributed by atoms with Gasteiger partial charge in [-0.1, -0.05) is 6.07 Å². The number of methoxy groups -OCH3 is 2. The quantitative estimate of drug-likeness (QED) is 0.704. The van der Waals surface area contributed by atoms with Gasteiger partial charge >= 0.3 is 0 Å². The second kappa shape index (κ2) is 9.04. The van der Waals surface area contributed by atoms with E-state index in [9.17, 15) is 4.79 Å². The minimum Gasteiger partial charge on any atom is -0.493 e. The fourth-order valence-electron chi connectivity index (χ4n) is 4.62. The van der Waals surface area contributed by atoms with Crippen LogP contribution in [0.4, 0.5) is 0 Å². The lowest BCUT2D eigenvalue weighted by atomic mass is 9.96. The Bertz CT molecular complexity index is 915. The molecule has 6 nitrogen and oxygen atoms in total. The van der Waals surface area contributed by atoms with Gasteiger partial charge in [0, 0.05) is 49.6 Å². The molecule has 1 amide bonds. The predicted octanol–water partition coefficient (Wildman–Crippen LogP) is 2.97. The molecule has 3 heterocycles. The molecular formula is C24H31N3O3. The summed E-state index contributed by atoms with van der Waals surface area (Å²) in [6.45, 7) is 6.81. The van der Waals surface area contributed by atoms with E-state index in [-0.39, 0.29) is 5.91 Å². The van der Waals surface area contributed by atoms with Crippen molar-refractivity contribution in [3.63, 3.8) is 0 Å². The molecule has 1 unspecified atom stereocenters. The molecule has 1 aromatic carbocycles. The highest BCUT2D eigenvalue weighted by Gasteiger charge is 2.30. The molecule has 0 aliphatic carbocycles. The predicted molar refractivity (Wildman–Crippen MR) is 116 cm³/mol. The highest BCUT2D eigenvalue weighted by Crippen LogP contribution is 2.33. The van der Waals surface area contributed by atoms with Gasteiger partial charge in [0.05, 0.1) is 14.2 Å². The molecule has 2 aromatic rings. The fourth-order valence-corrected chi connectivity index (χ4v) is 4.62. The Morgan fingerprint density at radius 2 is 1.93 bits per heavy atom. The van der Waals surface area contributed by atoms with E-state index in [1.165, 1.54) is 0 Å². The third kappa shape index (κ3) is 4.43. The standard InChI is InChI=1S/C24H31N3O3/c1-17-5-4-6-20(25-17)9-11-26-10-7-18(15-26)16-27-12-8-19-13-22(29-2)23(30-3)14-21(19)24(27)28/h4-6,13-14,18H,7-12,15-16H2,1-3H3. The molecule has 1 fully saturated rings. The van der Waals surface area contributed by atoms with E-state index in [1.807, 2.05) is 30.0 Å². The van der Waals surface area contributed by atoms with Gasteiger partial charge < -0.3 is 19.3 Å². The number of nitrogens with zero attached hydrogens (tertiary/aromatic N) is 3. The summed E-state index contributed by atoms with van der Waals surface area (Å²) < 4.78 is 10.8. The van der Waals surface area contributed by atoms with E-state index in [1.54, 1.807) is 14.2 Å². The van der Waals surface area contributed by atoms with Crippen LogP contribution in [0, 0.1) is 12.8 Å². The SMILES string of the molecule is COc1cc2c(cc1OC)C(=O)N(CC1CCN(CCc3cccc(C)n3)C1)CC2. The lowest BCUT2D eigenvalue weighted by Crippen LogP contribution is -2.41. The Morgan fingerprint density at radius 1 is 1.13 bits per heavy atom. The number of rotatable bonds is 7. The van der Waals surface area contributed by atoms with Gasteiger partial charge in [0.2, 0.25) is 0 Å². The van der Waals surface area contributed by atoms with Crippen molar-refractivity contribution in [2.75, 3.05) is 46.9 Å². The van der Waals surface area contributed by atoms with Crippen LogP contribution in [0.25, 0.3) is 0 Å². The first kappa shape index (κ1) is 20.7. The molecule has 160 valence electrons. The number of aryl methyl sites for hydroxylation is 1. The van der Waals surface area contributed by atoms with Crippen LogP contribution in [0.3, 0.4) is 0 Å². The van der Waals surface area contributed by atoms with Crippen molar-refractivity contribution < 1.29 is 14.3 Å². The van der Waals surface area contributed by atoms with Crippen molar-refractivity contribution in [2.45, 2.75) is 26.2 Å². The van der Waals surface area contributed by atoms with Crippen LogP contribution in [0.15, 0.2) is 30.3 Å². The number of carbonyl (C=O) groups excluding carboxylic acids is 1. The maximum Gasteiger partial charge on any atom is 0.254 e. The van der Waals surface area contributed by atoms with Crippen molar-refractivity contribution in [2.24, 2.45) is 5.92 Å². The third-order valence-corrected chi connectivity index (χ3v) is 6.26. The first-order valence-corrected chi connectivity index (χ1v) is 10.8. The first-order valence-electron chi connectivity index (χ1n) is 10.8. The van der Waals surface area contributed by atoms with Gasteiger partial charge in [0.1, 0.15) is 0 Å². The molecule has 30 heavy (non-hydrogen) atoms. The molecule has 6 heteroatoms. The fraction of sp³-hybridized carbons (Fsp3) is 0.500. The highest BCUT2D eigenvalue weighted by atomic mass is 16.5. The number of fused-ring (bicyclic) bond motifs is 1. The summed E-state index contributed by atoms with van der Waals surface area (Å²) in [7, 11) is 3.23.